The SMILES string of the molecule is Cc1[nH]n(C)c(=O)c1C(=O)c1ccc(C(F)(F)C(F)(F)F)c(S(C)=O)c1C. The van der Waals surface area contributed by atoms with E-state index in [0.717, 1.165) is 23.9 Å². The molecule has 1 atom stereocenters. The van der Waals surface area contributed by atoms with Gasteiger partial charge in [-0.3, -0.25) is 23.6 Å². The summed E-state index contributed by atoms with van der Waals surface area (Å²) >= 11 is 0. The Kier molecular flexibility index (Phi) is 5.21. The predicted molar refractivity (Wildman–Crippen MR) is 87.7 cm³/mol. The molecule has 1 aromatic heterocycles. The van der Waals surface area contributed by atoms with E-state index in [1.165, 1.54) is 14.0 Å². The number of aromatic amines is 1. The minimum absolute atomic E-state index is 0.204. The largest absolute Gasteiger partial charge is 0.458 e. The lowest BCUT2D eigenvalue weighted by atomic mass is 9.95. The number of aryl methyl sites for hydroxylation is 2. The molecule has 0 bridgehead atoms. The topological polar surface area (TPSA) is 71.9 Å². The Balaban J connectivity index is 2.76. The van der Waals surface area contributed by atoms with Crippen LogP contribution in [0.4, 0.5) is 22.0 Å². The van der Waals surface area contributed by atoms with Crippen LogP contribution in [0.5, 0.6) is 0 Å². The van der Waals surface area contributed by atoms with Crippen LogP contribution in [0.25, 0.3) is 0 Å². The molecule has 2 aromatic rings. The zero-order chi connectivity index (χ0) is 20.9. The van der Waals surface area contributed by atoms with E-state index in [2.05, 4.69) is 5.10 Å². The number of carbonyl (C=O) groups excluding carboxylic acids is 1. The molecule has 0 spiro atoms. The maximum atomic E-state index is 13.8. The van der Waals surface area contributed by atoms with Crippen LogP contribution >= 0.6 is 0 Å². The van der Waals surface area contributed by atoms with Gasteiger partial charge in [0.15, 0.2) is 0 Å². The van der Waals surface area contributed by atoms with Crippen molar-refractivity contribution >= 4 is 16.6 Å². The molecule has 5 nitrogen and oxygen atoms in total. The van der Waals surface area contributed by atoms with Crippen molar-refractivity contribution in [1.29, 1.82) is 0 Å². The Morgan fingerprint density at radius 3 is 2.11 bits per heavy atom. The Hall–Kier alpha value is -2.30. The molecule has 0 amide bonds. The van der Waals surface area contributed by atoms with Crippen molar-refractivity contribution in [2.45, 2.75) is 30.8 Å². The second kappa shape index (κ2) is 6.70. The van der Waals surface area contributed by atoms with E-state index in [0.29, 0.717) is 6.07 Å². The number of carbonyl (C=O) groups is 1. The number of halogens is 5. The van der Waals surface area contributed by atoms with Crippen LogP contribution < -0.4 is 5.56 Å². The number of ketones is 1. The van der Waals surface area contributed by atoms with Crippen LogP contribution in [0.1, 0.15) is 32.7 Å². The fourth-order valence-corrected chi connectivity index (χ4v) is 3.84. The van der Waals surface area contributed by atoms with E-state index >= 15 is 0 Å². The van der Waals surface area contributed by atoms with E-state index in [1.807, 2.05) is 0 Å². The quantitative estimate of drug-likeness (QED) is 0.622. The van der Waals surface area contributed by atoms with Crippen LogP contribution in [-0.2, 0) is 23.8 Å². The number of hydrogen-bond acceptors (Lipinski definition) is 3. The van der Waals surface area contributed by atoms with Crippen molar-refractivity contribution in [1.82, 2.24) is 9.78 Å². The first kappa shape index (κ1) is 21.0. The van der Waals surface area contributed by atoms with E-state index in [1.54, 1.807) is 0 Å². The van der Waals surface area contributed by atoms with Gasteiger partial charge in [-0.2, -0.15) is 22.0 Å². The Morgan fingerprint density at radius 2 is 1.70 bits per heavy atom. The van der Waals surface area contributed by atoms with Gasteiger partial charge in [-0.25, -0.2) is 0 Å². The molecule has 0 aliphatic rings. The number of benzene rings is 1. The lowest BCUT2D eigenvalue weighted by molar-refractivity contribution is -0.290. The van der Waals surface area contributed by atoms with E-state index < -0.39 is 44.7 Å². The molecule has 11 heteroatoms. The highest BCUT2D eigenvalue weighted by Gasteiger charge is 2.60. The smallest absolute Gasteiger partial charge is 0.299 e. The highest BCUT2D eigenvalue weighted by atomic mass is 32.2. The van der Waals surface area contributed by atoms with Crippen molar-refractivity contribution < 1.29 is 31.0 Å². The maximum Gasteiger partial charge on any atom is 0.458 e. The number of H-pyrrole nitrogens is 1. The fourth-order valence-electron chi connectivity index (χ4n) is 2.80. The number of hydrogen-bond donors (Lipinski definition) is 1. The van der Waals surface area contributed by atoms with Gasteiger partial charge in [-0.05, 0) is 19.4 Å². The van der Waals surface area contributed by atoms with Gasteiger partial charge in [0.1, 0.15) is 5.56 Å². The number of rotatable bonds is 4. The molecule has 148 valence electrons. The molecule has 0 radical (unpaired) electrons. The van der Waals surface area contributed by atoms with Crippen LogP contribution in [-0.4, -0.2) is 32.2 Å². The summed E-state index contributed by atoms with van der Waals surface area (Å²) in [6.45, 7) is 2.56. The van der Waals surface area contributed by atoms with Crippen LogP contribution in [0, 0.1) is 13.8 Å². The van der Waals surface area contributed by atoms with Gasteiger partial charge in [0.2, 0.25) is 5.78 Å². The minimum atomic E-state index is -5.90. The summed E-state index contributed by atoms with van der Waals surface area (Å²) in [5.41, 5.74) is -2.81. The Bertz CT molecular complexity index is 1000. The summed E-state index contributed by atoms with van der Waals surface area (Å²) in [5, 5.41) is 2.59. The molecule has 27 heavy (non-hydrogen) atoms. The molecule has 0 aliphatic heterocycles. The lowest BCUT2D eigenvalue weighted by Crippen LogP contribution is -2.35. The second-order valence-electron chi connectivity index (χ2n) is 5.95. The normalized spacial score (nSPS) is 13.7. The summed E-state index contributed by atoms with van der Waals surface area (Å²) in [4.78, 5) is 24.0. The molecule has 1 heterocycles. The molecule has 1 N–H and O–H groups in total. The predicted octanol–water partition coefficient (Wildman–Crippen LogP) is 2.95. The van der Waals surface area contributed by atoms with E-state index in [9.17, 15) is 35.8 Å². The first-order valence-electron chi connectivity index (χ1n) is 7.44. The third-order valence-electron chi connectivity index (χ3n) is 4.09. The van der Waals surface area contributed by atoms with Gasteiger partial charge in [-0.1, -0.05) is 12.1 Å². The molecule has 0 fully saturated rings. The van der Waals surface area contributed by atoms with Crippen LogP contribution in [0.3, 0.4) is 0 Å². The van der Waals surface area contributed by atoms with Gasteiger partial charge >= 0.3 is 12.1 Å². The molecule has 0 saturated carbocycles. The monoisotopic (exact) mass is 410 g/mol. The highest BCUT2D eigenvalue weighted by Crippen LogP contribution is 2.46. The Morgan fingerprint density at radius 1 is 1.15 bits per heavy atom. The van der Waals surface area contributed by atoms with E-state index in [-0.39, 0.29) is 22.4 Å². The Labute approximate surface area is 152 Å². The van der Waals surface area contributed by atoms with Gasteiger partial charge in [0.05, 0.1) is 15.7 Å². The zero-order valence-corrected chi connectivity index (χ0v) is 15.4. The molecular formula is C16H15F5N2O3S. The van der Waals surface area contributed by atoms with Crippen LogP contribution in [0.2, 0.25) is 0 Å². The fraction of sp³-hybridized carbons (Fsp3) is 0.375. The summed E-state index contributed by atoms with van der Waals surface area (Å²) < 4.78 is 79.0. The van der Waals surface area contributed by atoms with Crippen molar-refractivity contribution in [3.63, 3.8) is 0 Å². The third-order valence-corrected chi connectivity index (χ3v) is 5.19. The minimum Gasteiger partial charge on any atom is -0.299 e. The molecule has 1 aromatic carbocycles. The maximum absolute atomic E-state index is 13.8. The van der Waals surface area contributed by atoms with Crippen molar-refractivity contribution in [3.05, 3.63) is 50.4 Å². The van der Waals surface area contributed by atoms with Crippen molar-refractivity contribution in [2.75, 3.05) is 6.26 Å². The summed E-state index contributed by atoms with van der Waals surface area (Å²) in [7, 11) is -0.886. The second-order valence-corrected chi connectivity index (χ2v) is 7.26. The van der Waals surface area contributed by atoms with Crippen molar-refractivity contribution in [3.8, 4) is 0 Å². The van der Waals surface area contributed by atoms with Crippen molar-refractivity contribution in [2.24, 2.45) is 7.05 Å². The number of alkyl halides is 5. The summed E-state index contributed by atoms with van der Waals surface area (Å²) in [6, 6.07) is 1.21. The van der Waals surface area contributed by atoms with E-state index in [4.69, 9.17) is 0 Å². The average molecular weight is 410 g/mol. The number of nitrogens with one attached hydrogen (secondary N) is 1. The van der Waals surface area contributed by atoms with Crippen LogP contribution in [0.15, 0.2) is 21.8 Å². The standard InChI is InChI=1S/C16H15F5N2O3S/c1-7-9(12(24)11-8(2)22-23(3)14(11)25)5-6-10(13(7)27(4)26)15(17,18)16(19,20)21/h5-6,22H,1-4H3. The number of aromatic nitrogens is 2. The molecule has 2 rings (SSSR count). The molecule has 0 aliphatic carbocycles. The van der Waals surface area contributed by atoms with Gasteiger partial charge in [0.25, 0.3) is 5.56 Å². The molecule has 0 saturated heterocycles. The number of nitrogens with zero attached hydrogens (tertiary/aromatic N) is 1. The lowest BCUT2D eigenvalue weighted by Gasteiger charge is -2.23. The third kappa shape index (κ3) is 3.35. The highest BCUT2D eigenvalue weighted by molar-refractivity contribution is 7.84. The zero-order valence-electron chi connectivity index (χ0n) is 14.6. The summed E-state index contributed by atoms with van der Waals surface area (Å²) in [5.74, 6) is -6.11. The van der Waals surface area contributed by atoms with Gasteiger partial charge < -0.3 is 0 Å². The summed E-state index contributed by atoms with van der Waals surface area (Å²) in [6.07, 6.45) is -4.96. The van der Waals surface area contributed by atoms with Gasteiger partial charge in [-0.15, -0.1) is 0 Å². The molecule has 1 unspecified atom stereocenters. The van der Waals surface area contributed by atoms with Gasteiger partial charge in [0, 0.05) is 30.1 Å². The first-order chi connectivity index (χ1) is 12.2. The molecular weight excluding hydrogens is 395 g/mol. The average Bonchev–Trinajstić information content (AvgIpc) is 2.77. The first-order valence-corrected chi connectivity index (χ1v) is 9.00.